The quantitative estimate of drug-likeness (QED) is 0.746. The number of nitrogens with one attached hydrogen (secondary N) is 1. The maximum absolute atomic E-state index is 11.6. The van der Waals surface area contributed by atoms with E-state index in [9.17, 15) is 4.79 Å². The molecule has 0 aliphatic heterocycles. The summed E-state index contributed by atoms with van der Waals surface area (Å²) in [6.45, 7) is 3.01. The second-order valence-corrected chi connectivity index (χ2v) is 4.13. The van der Waals surface area contributed by atoms with Gasteiger partial charge in [0.2, 0.25) is 5.91 Å². The van der Waals surface area contributed by atoms with Crippen LogP contribution in [0.3, 0.4) is 0 Å². The standard InChI is InChI=1S/C13H21N3O2/c1-4-7-15-13(17)9-16(2)12-6-5-10(18-3)8-11(12)14/h5-6,8H,4,7,9,14H2,1-3H3,(H,15,17). The van der Waals surface area contributed by atoms with Gasteiger partial charge in [-0.05, 0) is 18.6 Å². The fraction of sp³-hybridized carbons (Fsp3) is 0.462. The lowest BCUT2D eigenvalue weighted by Gasteiger charge is -2.20. The third-order valence-electron chi connectivity index (χ3n) is 2.60. The summed E-state index contributed by atoms with van der Waals surface area (Å²) in [5.74, 6) is 0.703. The van der Waals surface area contributed by atoms with Gasteiger partial charge in [0.25, 0.3) is 0 Å². The van der Waals surface area contributed by atoms with Crippen molar-refractivity contribution in [3.8, 4) is 5.75 Å². The zero-order chi connectivity index (χ0) is 13.5. The minimum absolute atomic E-state index is 0.00503. The van der Waals surface area contributed by atoms with Gasteiger partial charge in [0, 0.05) is 19.7 Å². The number of hydrogen-bond acceptors (Lipinski definition) is 4. The molecule has 1 aromatic rings. The van der Waals surface area contributed by atoms with E-state index in [4.69, 9.17) is 10.5 Å². The van der Waals surface area contributed by atoms with Crippen molar-refractivity contribution in [2.45, 2.75) is 13.3 Å². The Kier molecular flexibility index (Phi) is 5.30. The normalized spacial score (nSPS) is 9.94. The van der Waals surface area contributed by atoms with Crippen molar-refractivity contribution in [3.05, 3.63) is 18.2 Å². The minimum Gasteiger partial charge on any atom is -0.497 e. The van der Waals surface area contributed by atoms with Crippen LogP contribution in [0.1, 0.15) is 13.3 Å². The van der Waals surface area contributed by atoms with Gasteiger partial charge in [-0.25, -0.2) is 0 Å². The molecule has 0 saturated carbocycles. The first-order chi connectivity index (χ1) is 8.58. The lowest BCUT2D eigenvalue weighted by Crippen LogP contribution is -2.35. The molecular formula is C13H21N3O2. The highest BCUT2D eigenvalue weighted by Gasteiger charge is 2.10. The van der Waals surface area contributed by atoms with Crippen molar-refractivity contribution >= 4 is 17.3 Å². The van der Waals surface area contributed by atoms with E-state index in [2.05, 4.69) is 5.32 Å². The molecule has 1 aromatic carbocycles. The molecule has 0 aliphatic carbocycles. The van der Waals surface area contributed by atoms with Crippen molar-refractivity contribution in [3.63, 3.8) is 0 Å². The molecule has 5 heteroatoms. The molecule has 0 spiro atoms. The van der Waals surface area contributed by atoms with Gasteiger partial charge in [-0.1, -0.05) is 6.92 Å². The maximum Gasteiger partial charge on any atom is 0.239 e. The summed E-state index contributed by atoms with van der Waals surface area (Å²) in [4.78, 5) is 13.4. The summed E-state index contributed by atoms with van der Waals surface area (Å²) in [6.07, 6.45) is 0.931. The highest BCUT2D eigenvalue weighted by Crippen LogP contribution is 2.26. The molecule has 0 aliphatic rings. The van der Waals surface area contributed by atoms with E-state index in [0.717, 1.165) is 12.1 Å². The van der Waals surface area contributed by atoms with Crippen molar-refractivity contribution in [2.75, 3.05) is 37.9 Å². The fourth-order valence-corrected chi connectivity index (χ4v) is 1.63. The van der Waals surface area contributed by atoms with E-state index in [-0.39, 0.29) is 12.5 Å². The molecule has 3 N–H and O–H groups in total. The summed E-state index contributed by atoms with van der Waals surface area (Å²) >= 11 is 0. The van der Waals surface area contributed by atoms with Crippen LogP contribution in [0.4, 0.5) is 11.4 Å². The number of benzene rings is 1. The first-order valence-electron chi connectivity index (χ1n) is 5.99. The Morgan fingerprint density at radius 3 is 2.78 bits per heavy atom. The molecule has 0 saturated heterocycles. The average molecular weight is 251 g/mol. The van der Waals surface area contributed by atoms with Crippen LogP contribution in [-0.4, -0.2) is 33.2 Å². The second kappa shape index (κ2) is 6.74. The molecule has 0 bridgehead atoms. The topological polar surface area (TPSA) is 67.6 Å². The van der Waals surface area contributed by atoms with Crippen molar-refractivity contribution in [1.82, 2.24) is 5.32 Å². The van der Waals surface area contributed by atoms with Crippen LogP contribution >= 0.6 is 0 Å². The van der Waals surface area contributed by atoms with Crippen LogP contribution < -0.4 is 20.7 Å². The molecule has 0 atom stereocenters. The SMILES string of the molecule is CCCNC(=O)CN(C)c1ccc(OC)cc1N. The van der Waals surface area contributed by atoms with E-state index in [1.807, 2.05) is 31.0 Å². The zero-order valence-electron chi connectivity index (χ0n) is 11.2. The smallest absolute Gasteiger partial charge is 0.239 e. The first-order valence-corrected chi connectivity index (χ1v) is 5.99. The van der Waals surface area contributed by atoms with Gasteiger partial charge in [0.15, 0.2) is 0 Å². The lowest BCUT2D eigenvalue weighted by atomic mass is 10.2. The number of nitrogens with two attached hydrogens (primary N) is 1. The molecule has 0 unspecified atom stereocenters. The van der Waals surface area contributed by atoms with E-state index in [1.165, 1.54) is 0 Å². The molecule has 0 heterocycles. The number of hydrogen-bond donors (Lipinski definition) is 2. The fourth-order valence-electron chi connectivity index (χ4n) is 1.63. The van der Waals surface area contributed by atoms with Gasteiger partial charge in [-0.2, -0.15) is 0 Å². The van der Waals surface area contributed by atoms with Crippen LogP contribution in [0.15, 0.2) is 18.2 Å². The summed E-state index contributed by atoms with van der Waals surface area (Å²) in [5, 5.41) is 2.83. The number of carbonyl (C=O) groups excluding carboxylic acids is 1. The van der Waals surface area contributed by atoms with Gasteiger partial charge < -0.3 is 20.7 Å². The van der Waals surface area contributed by atoms with Crippen LogP contribution in [0.5, 0.6) is 5.75 Å². The van der Waals surface area contributed by atoms with Crippen molar-refractivity contribution < 1.29 is 9.53 Å². The van der Waals surface area contributed by atoms with Gasteiger partial charge in [-0.15, -0.1) is 0 Å². The van der Waals surface area contributed by atoms with Crippen LogP contribution in [0.25, 0.3) is 0 Å². The largest absolute Gasteiger partial charge is 0.497 e. The molecule has 100 valence electrons. The van der Waals surface area contributed by atoms with Gasteiger partial charge in [-0.3, -0.25) is 4.79 Å². The predicted octanol–water partition coefficient (Wildman–Crippen LogP) is 1.24. The highest BCUT2D eigenvalue weighted by molar-refractivity contribution is 5.83. The van der Waals surface area contributed by atoms with Crippen molar-refractivity contribution in [2.24, 2.45) is 0 Å². The Morgan fingerprint density at radius 1 is 1.50 bits per heavy atom. The molecule has 5 nitrogen and oxygen atoms in total. The molecular weight excluding hydrogens is 230 g/mol. The first kappa shape index (κ1) is 14.2. The second-order valence-electron chi connectivity index (χ2n) is 4.13. The Balaban J connectivity index is 2.66. The predicted molar refractivity (Wildman–Crippen MR) is 74.0 cm³/mol. The Bertz CT molecular complexity index is 407. The van der Waals surface area contributed by atoms with Crippen molar-refractivity contribution in [1.29, 1.82) is 0 Å². The summed E-state index contributed by atoms with van der Waals surface area (Å²) in [5.41, 5.74) is 7.34. The summed E-state index contributed by atoms with van der Waals surface area (Å²) in [6, 6.07) is 5.42. The van der Waals surface area contributed by atoms with Gasteiger partial charge in [0.1, 0.15) is 5.75 Å². The highest BCUT2D eigenvalue weighted by atomic mass is 16.5. The zero-order valence-corrected chi connectivity index (χ0v) is 11.2. The molecule has 1 rings (SSSR count). The third kappa shape index (κ3) is 3.84. The number of rotatable bonds is 6. The molecule has 18 heavy (non-hydrogen) atoms. The molecule has 0 fully saturated rings. The van der Waals surface area contributed by atoms with E-state index in [0.29, 0.717) is 18.0 Å². The number of ether oxygens (including phenoxy) is 1. The molecule has 0 radical (unpaired) electrons. The Hall–Kier alpha value is -1.91. The molecule has 1 amide bonds. The van der Waals surface area contributed by atoms with Crippen LogP contribution in [0, 0.1) is 0 Å². The number of carbonyl (C=O) groups is 1. The summed E-state index contributed by atoms with van der Waals surface area (Å²) < 4.78 is 5.09. The van der Waals surface area contributed by atoms with Crippen LogP contribution in [-0.2, 0) is 4.79 Å². The Labute approximate surface area is 108 Å². The Morgan fingerprint density at radius 2 is 2.22 bits per heavy atom. The molecule has 0 aromatic heterocycles. The number of nitrogens with zero attached hydrogens (tertiary/aromatic N) is 1. The summed E-state index contributed by atoms with van der Waals surface area (Å²) in [7, 11) is 3.43. The number of nitrogen functional groups attached to an aromatic ring is 1. The lowest BCUT2D eigenvalue weighted by molar-refractivity contribution is -0.119. The van der Waals surface area contributed by atoms with Crippen LogP contribution in [0.2, 0.25) is 0 Å². The number of amides is 1. The maximum atomic E-state index is 11.6. The number of methoxy groups -OCH3 is 1. The van der Waals surface area contributed by atoms with Gasteiger partial charge >= 0.3 is 0 Å². The minimum atomic E-state index is -0.00503. The van der Waals surface area contributed by atoms with E-state index < -0.39 is 0 Å². The monoisotopic (exact) mass is 251 g/mol. The third-order valence-corrected chi connectivity index (χ3v) is 2.60. The van der Waals surface area contributed by atoms with Gasteiger partial charge in [0.05, 0.1) is 25.0 Å². The number of anilines is 2. The van der Waals surface area contributed by atoms with E-state index in [1.54, 1.807) is 13.2 Å². The average Bonchev–Trinajstić information content (AvgIpc) is 2.35. The number of likely N-dealkylation sites (N-methyl/N-ethyl adjacent to an activating group) is 1. The van der Waals surface area contributed by atoms with E-state index >= 15 is 0 Å².